The average Bonchev–Trinajstić information content (AvgIpc) is 2.68. The Morgan fingerprint density at radius 1 is 1.26 bits per heavy atom. The number of carboxylic acid groups (broad SMARTS) is 1. The van der Waals surface area contributed by atoms with E-state index in [1.165, 1.54) is 0 Å². The summed E-state index contributed by atoms with van der Waals surface area (Å²) in [7, 11) is 0. The molecule has 2 heterocycles. The van der Waals surface area contributed by atoms with Crippen molar-refractivity contribution < 1.29 is 24.2 Å². The molecule has 0 aromatic heterocycles. The second-order valence-corrected chi connectivity index (χ2v) is 6.11. The molecule has 1 amide bonds. The molecule has 0 aliphatic carbocycles. The van der Waals surface area contributed by atoms with Crippen LogP contribution >= 0.6 is 0 Å². The summed E-state index contributed by atoms with van der Waals surface area (Å²) < 4.78 is 10.9. The Bertz CT molecular complexity index is 376. The van der Waals surface area contributed by atoms with Crippen LogP contribution in [0.3, 0.4) is 0 Å². The second kappa shape index (κ2) is 5.00. The number of carboxylic acids is 1. The maximum absolute atomic E-state index is 12.1. The molecule has 3 atom stereocenters. The highest BCUT2D eigenvalue weighted by Gasteiger charge is 2.44. The zero-order valence-electron chi connectivity index (χ0n) is 11.6. The normalized spacial score (nSPS) is 30.9. The molecular weight excluding hydrogens is 250 g/mol. The standard InChI is InChI=1S/C13H21NO5/c1-13(2,3)19-12(17)14-7-6-9-8(14)4-5-10(18-9)11(15)16/h8-10H,4-7H2,1-3H3,(H,15,16)/t8-,9-,10-/m0/s1. The van der Waals surface area contributed by atoms with E-state index in [-0.39, 0.29) is 18.2 Å². The maximum Gasteiger partial charge on any atom is 0.410 e. The Balaban J connectivity index is 1.97. The molecule has 2 aliphatic rings. The summed E-state index contributed by atoms with van der Waals surface area (Å²) in [5, 5.41) is 8.96. The number of ether oxygens (including phenoxy) is 2. The molecule has 19 heavy (non-hydrogen) atoms. The fraction of sp³-hybridized carbons (Fsp3) is 0.846. The molecule has 0 aromatic carbocycles. The van der Waals surface area contributed by atoms with Crippen molar-refractivity contribution in [3.8, 4) is 0 Å². The SMILES string of the molecule is CC(C)(C)OC(=O)N1CC[C@@H]2O[C@H](C(=O)O)CC[C@@H]21. The van der Waals surface area contributed by atoms with Crippen LogP contribution in [0.5, 0.6) is 0 Å². The third-order valence-electron chi connectivity index (χ3n) is 3.45. The van der Waals surface area contributed by atoms with E-state index in [2.05, 4.69) is 0 Å². The summed E-state index contributed by atoms with van der Waals surface area (Å²) >= 11 is 0. The first-order valence-electron chi connectivity index (χ1n) is 6.66. The van der Waals surface area contributed by atoms with Gasteiger partial charge in [-0.1, -0.05) is 0 Å². The number of carbonyl (C=O) groups excluding carboxylic acids is 1. The van der Waals surface area contributed by atoms with E-state index < -0.39 is 17.7 Å². The van der Waals surface area contributed by atoms with Gasteiger partial charge in [-0.25, -0.2) is 9.59 Å². The van der Waals surface area contributed by atoms with E-state index in [0.29, 0.717) is 25.8 Å². The molecule has 0 saturated carbocycles. The summed E-state index contributed by atoms with van der Waals surface area (Å²) in [5.74, 6) is -0.922. The molecule has 2 fully saturated rings. The summed E-state index contributed by atoms with van der Waals surface area (Å²) in [4.78, 5) is 24.7. The van der Waals surface area contributed by atoms with Crippen molar-refractivity contribution in [1.82, 2.24) is 4.90 Å². The Hall–Kier alpha value is -1.30. The molecule has 6 heteroatoms. The Morgan fingerprint density at radius 2 is 1.95 bits per heavy atom. The minimum atomic E-state index is -0.922. The van der Waals surface area contributed by atoms with E-state index in [0.717, 1.165) is 0 Å². The molecular formula is C13H21NO5. The van der Waals surface area contributed by atoms with Gasteiger partial charge in [0.15, 0.2) is 6.10 Å². The molecule has 2 aliphatic heterocycles. The van der Waals surface area contributed by atoms with E-state index in [1.54, 1.807) is 4.90 Å². The number of amides is 1. The van der Waals surface area contributed by atoms with Gasteiger partial charge in [-0.05, 0) is 40.0 Å². The molecule has 0 unspecified atom stereocenters. The molecule has 2 rings (SSSR count). The minimum absolute atomic E-state index is 0.0505. The molecule has 0 spiro atoms. The Kier molecular flexibility index (Phi) is 3.71. The lowest BCUT2D eigenvalue weighted by atomic mass is 9.99. The zero-order valence-corrected chi connectivity index (χ0v) is 11.6. The van der Waals surface area contributed by atoms with Gasteiger partial charge >= 0.3 is 12.1 Å². The number of carbonyl (C=O) groups is 2. The smallest absolute Gasteiger partial charge is 0.410 e. The lowest BCUT2D eigenvalue weighted by Gasteiger charge is -2.35. The van der Waals surface area contributed by atoms with Crippen LogP contribution in [0.1, 0.15) is 40.0 Å². The first-order valence-corrected chi connectivity index (χ1v) is 6.66. The molecule has 0 bridgehead atoms. The lowest BCUT2D eigenvalue weighted by molar-refractivity contribution is -0.160. The van der Waals surface area contributed by atoms with Crippen molar-refractivity contribution in [3.05, 3.63) is 0 Å². The number of fused-ring (bicyclic) bond motifs is 1. The predicted octanol–water partition coefficient (Wildman–Crippen LogP) is 1.63. The van der Waals surface area contributed by atoms with Crippen LogP contribution < -0.4 is 0 Å². The van der Waals surface area contributed by atoms with Crippen molar-refractivity contribution in [1.29, 1.82) is 0 Å². The Morgan fingerprint density at radius 3 is 2.53 bits per heavy atom. The third-order valence-corrected chi connectivity index (χ3v) is 3.45. The van der Waals surface area contributed by atoms with Crippen LogP contribution in [0.25, 0.3) is 0 Å². The van der Waals surface area contributed by atoms with Crippen LogP contribution in [0, 0.1) is 0 Å². The van der Waals surface area contributed by atoms with Crippen molar-refractivity contribution in [2.24, 2.45) is 0 Å². The van der Waals surface area contributed by atoms with Gasteiger partial charge in [-0.3, -0.25) is 0 Å². The molecule has 2 saturated heterocycles. The number of nitrogens with zero attached hydrogens (tertiary/aromatic N) is 1. The van der Waals surface area contributed by atoms with Crippen LogP contribution in [0.2, 0.25) is 0 Å². The first kappa shape index (κ1) is 14.1. The topological polar surface area (TPSA) is 76.1 Å². The summed E-state index contributed by atoms with van der Waals surface area (Å²) in [5.41, 5.74) is -0.520. The quantitative estimate of drug-likeness (QED) is 0.784. The largest absolute Gasteiger partial charge is 0.479 e. The predicted molar refractivity (Wildman–Crippen MR) is 66.9 cm³/mol. The van der Waals surface area contributed by atoms with Crippen molar-refractivity contribution in [2.75, 3.05) is 6.54 Å². The van der Waals surface area contributed by atoms with E-state index in [9.17, 15) is 9.59 Å². The fourth-order valence-corrected chi connectivity index (χ4v) is 2.66. The first-order chi connectivity index (χ1) is 8.78. The maximum atomic E-state index is 12.1. The van der Waals surface area contributed by atoms with E-state index in [1.807, 2.05) is 20.8 Å². The number of hydrogen-bond acceptors (Lipinski definition) is 4. The zero-order chi connectivity index (χ0) is 14.2. The molecule has 0 aromatic rings. The van der Waals surface area contributed by atoms with E-state index >= 15 is 0 Å². The molecule has 1 N–H and O–H groups in total. The van der Waals surface area contributed by atoms with Gasteiger partial charge in [0.2, 0.25) is 0 Å². The third kappa shape index (κ3) is 3.18. The van der Waals surface area contributed by atoms with Gasteiger partial charge in [-0.15, -0.1) is 0 Å². The molecule has 108 valence electrons. The monoisotopic (exact) mass is 271 g/mol. The van der Waals surface area contributed by atoms with Gasteiger partial charge in [0.25, 0.3) is 0 Å². The number of rotatable bonds is 1. The van der Waals surface area contributed by atoms with Crippen molar-refractivity contribution >= 4 is 12.1 Å². The number of likely N-dealkylation sites (tertiary alicyclic amines) is 1. The van der Waals surface area contributed by atoms with Crippen LogP contribution in [0.4, 0.5) is 4.79 Å². The Labute approximate surface area is 112 Å². The van der Waals surface area contributed by atoms with Gasteiger partial charge in [0, 0.05) is 6.54 Å². The summed E-state index contributed by atoms with van der Waals surface area (Å²) in [6, 6.07) is -0.0505. The number of hydrogen-bond donors (Lipinski definition) is 1. The number of aliphatic carboxylic acids is 1. The van der Waals surface area contributed by atoms with E-state index in [4.69, 9.17) is 14.6 Å². The van der Waals surface area contributed by atoms with Gasteiger partial charge in [-0.2, -0.15) is 0 Å². The van der Waals surface area contributed by atoms with Gasteiger partial charge < -0.3 is 19.5 Å². The molecule has 0 radical (unpaired) electrons. The van der Waals surface area contributed by atoms with Crippen molar-refractivity contribution in [2.45, 2.75) is 63.9 Å². The van der Waals surface area contributed by atoms with Crippen LogP contribution in [-0.2, 0) is 14.3 Å². The summed E-state index contributed by atoms with van der Waals surface area (Å²) in [6.45, 7) is 6.05. The second-order valence-electron chi connectivity index (χ2n) is 6.11. The highest BCUT2D eigenvalue weighted by molar-refractivity contribution is 5.73. The average molecular weight is 271 g/mol. The van der Waals surface area contributed by atoms with Gasteiger partial charge in [0.1, 0.15) is 5.60 Å². The molecule has 6 nitrogen and oxygen atoms in total. The van der Waals surface area contributed by atoms with Crippen LogP contribution in [0.15, 0.2) is 0 Å². The minimum Gasteiger partial charge on any atom is -0.479 e. The lowest BCUT2D eigenvalue weighted by Crippen LogP contribution is -2.47. The fourth-order valence-electron chi connectivity index (χ4n) is 2.66. The van der Waals surface area contributed by atoms with Gasteiger partial charge in [0.05, 0.1) is 12.1 Å². The highest BCUT2D eigenvalue weighted by Crippen LogP contribution is 2.32. The summed E-state index contributed by atoms with van der Waals surface area (Å²) in [6.07, 6.45) is 0.518. The highest BCUT2D eigenvalue weighted by atomic mass is 16.6. The van der Waals surface area contributed by atoms with Crippen LogP contribution in [-0.4, -0.2) is 52.5 Å². The van der Waals surface area contributed by atoms with Crippen molar-refractivity contribution in [3.63, 3.8) is 0 Å².